The molecule has 1 aromatic rings. The summed E-state index contributed by atoms with van der Waals surface area (Å²) in [5.41, 5.74) is 0.930. The molecule has 1 atom stereocenters. The second-order valence-electron chi connectivity index (χ2n) is 2.98. The van der Waals surface area contributed by atoms with E-state index >= 15 is 0 Å². The highest BCUT2D eigenvalue weighted by atomic mass is 31.2. The molecule has 0 radical (unpaired) electrons. The van der Waals surface area contributed by atoms with Crippen LogP contribution in [0.25, 0.3) is 0 Å². The number of rotatable bonds is 5. The van der Waals surface area contributed by atoms with E-state index in [2.05, 4.69) is 4.52 Å². The average molecular weight is 212 g/mol. The van der Waals surface area contributed by atoms with E-state index < -0.39 is 7.37 Å². The summed E-state index contributed by atoms with van der Waals surface area (Å²) in [5, 5.41) is 0. The van der Waals surface area contributed by atoms with Crippen molar-refractivity contribution >= 4 is 13.8 Å². The van der Waals surface area contributed by atoms with Crippen LogP contribution < -0.4 is 0 Å². The van der Waals surface area contributed by atoms with Gasteiger partial charge >= 0.3 is 0 Å². The Labute approximate surface area is 83.5 Å². The SMILES string of the molecule is CCP(=O)(Cc1ccccc1)OC=O. The molecule has 0 bridgehead atoms. The fraction of sp³-hybridized carbons (Fsp3) is 0.300. The summed E-state index contributed by atoms with van der Waals surface area (Å²) in [7, 11) is -2.79. The lowest BCUT2D eigenvalue weighted by Crippen LogP contribution is -1.95. The summed E-state index contributed by atoms with van der Waals surface area (Å²) in [4.78, 5) is 10.2. The lowest BCUT2D eigenvalue weighted by atomic mass is 10.2. The van der Waals surface area contributed by atoms with Gasteiger partial charge in [-0.1, -0.05) is 37.3 Å². The fourth-order valence-corrected chi connectivity index (χ4v) is 2.53. The predicted molar refractivity (Wildman–Crippen MR) is 55.4 cm³/mol. The van der Waals surface area contributed by atoms with Crippen molar-refractivity contribution in [2.45, 2.75) is 13.1 Å². The highest BCUT2D eigenvalue weighted by Crippen LogP contribution is 2.48. The summed E-state index contributed by atoms with van der Waals surface area (Å²) < 4.78 is 16.6. The lowest BCUT2D eigenvalue weighted by molar-refractivity contribution is -0.120. The van der Waals surface area contributed by atoms with E-state index in [1.165, 1.54) is 0 Å². The molecule has 0 aromatic heterocycles. The molecule has 0 saturated carbocycles. The van der Waals surface area contributed by atoms with Crippen molar-refractivity contribution in [2.24, 2.45) is 0 Å². The van der Waals surface area contributed by atoms with Gasteiger partial charge in [0.15, 0.2) is 0 Å². The molecule has 0 fully saturated rings. The Hall–Kier alpha value is -1.08. The van der Waals surface area contributed by atoms with Crippen molar-refractivity contribution in [2.75, 3.05) is 6.16 Å². The molecule has 4 heteroatoms. The molecule has 1 unspecified atom stereocenters. The van der Waals surface area contributed by atoms with Crippen molar-refractivity contribution < 1.29 is 13.9 Å². The van der Waals surface area contributed by atoms with Crippen LogP contribution in [0, 0.1) is 0 Å². The first-order chi connectivity index (χ1) is 6.70. The number of benzene rings is 1. The van der Waals surface area contributed by atoms with Gasteiger partial charge in [0.05, 0.1) is 6.16 Å². The maximum Gasteiger partial charge on any atom is 0.298 e. The third-order valence-corrected chi connectivity index (χ3v) is 4.26. The second-order valence-corrected chi connectivity index (χ2v) is 5.76. The van der Waals surface area contributed by atoms with Crippen LogP contribution in [0.5, 0.6) is 0 Å². The standard InChI is InChI=1S/C10H13O3P/c1-2-14(12,13-9-11)8-10-6-4-3-5-7-10/h3-7,9H,2,8H2,1H3. The van der Waals surface area contributed by atoms with Crippen LogP contribution in [0.2, 0.25) is 0 Å². The van der Waals surface area contributed by atoms with Crippen molar-refractivity contribution in [1.29, 1.82) is 0 Å². The van der Waals surface area contributed by atoms with Gasteiger partial charge in [-0.15, -0.1) is 0 Å². The van der Waals surface area contributed by atoms with Crippen LogP contribution in [-0.2, 0) is 20.0 Å². The normalized spacial score (nSPS) is 14.4. The van der Waals surface area contributed by atoms with Gasteiger partial charge in [0.1, 0.15) is 0 Å². The van der Waals surface area contributed by atoms with Gasteiger partial charge in [-0.2, -0.15) is 0 Å². The van der Waals surface area contributed by atoms with Crippen LogP contribution in [0.3, 0.4) is 0 Å². The molecule has 1 aromatic carbocycles. The Bertz CT molecular complexity index is 334. The van der Waals surface area contributed by atoms with Gasteiger partial charge in [-0.05, 0) is 5.56 Å². The van der Waals surface area contributed by atoms with Gasteiger partial charge in [-0.3, -0.25) is 9.36 Å². The zero-order valence-corrected chi connectivity index (χ0v) is 8.94. The number of carbonyl (C=O) groups excluding carboxylic acids is 1. The van der Waals surface area contributed by atoms with E-state index in [0.717, 1.165) is 5.56 Å². The van der Waals surface area contributed by atoms with Gasteiger partial charge in [0.25, 0.3) is 13.8 Å². The Morgan fingerprint density at radius 1 is 1.36 bits per heavy atom. The second kappa shape index (κ2) is 4.97. The Morgan fingerprint density at radius 3 is 2.50 bits per heavy atom. The third-order valence-electron chi connectivity index (χ3n) is 1.98. The molecule has 0 aliphatic rings. The van der Waals surface area contributed by atoms with Crippen molar-refractivity contribution in [1.82, 2.24) is 0 Å². The maximum atomic E-state index is 11.9. The minimum absolute atomic E-state index is 0.271. The van der Waals surface area contributed by atoms with Gasteiger partial charge in [-0.25, -0.2) is 0 Å². The topological polar surface area (TPSA) is 43.4 Å². The van der Waals surface area contributed by atoms with Gasteiger partial charge in [0.2, 0.25) is 0 Å². The Morgan fingerprint density at radius 2 is 2.00 bits per heavy atom. The van der Waals surface area contributed by atoms with E-state index in [0.29, 0.717) is 12.3 Å². The van der Waals surface area contributed by atoms with Gasteiger partial charge < -0.3 is 4.52 Å². The zero-order chi connectivity index (χ0) is 10.4. The monoisotopic (exact) mass is 212 g/mol. The summed E-state index contributed by atoms with van der Waals surface area (Å²) >= 11 is 0. The van der Waals surface area contributed by atoms with E-state index in [1.807, 2.05) is 30.3 Å². The van der Waals surface area contributed by atoms with Crippen molar-refractivity contribution in [3.63, 3.8) is 0 Å². The molecular formula is C10H13O3P. The van der Waals surface area contributed by atoms with Crippen molar-refractivity contribution in [3.05, 3.63) is 35.9 Å². The summed E-state index contributed by atoms with van der Waals surface area (Å²) in [6.07, 6.45) is 0.698. The highest BCUT2D eigenvalue weighted by Gasteiger charge is 2.21. The van der Waals surface area contributed by atoms with E-state index in [1.54, 1.807) is 6.92 Å². The van der Waals surface area contributed by atoms with Crippen LogP contribution >= 0.6 is 7.37 Å². The fourth-order valence-electron chi connectivity index (χ4n) is 1.16. The smallest absolute Gasteiger partial charge is 0.298 e. The lowest BCUT2D eigenvalue weighted by Gasteiger charge is -2.13. The number of hydrogen-bond acceptors (Lipinski definition) is 3. The first-order valence-corrected chi connectivity index (χ1v) is 6.44. The summed E-state index contributed by atoms with van der Waals surface area (Å²) in [6, 6.07) is 9.38. The van der Waals surface area contributed by atoms with Crippen LogP contribution in [-0.4, -0.2) is 12.6 Å². The van der Waals surface area contributed by atoms with Crippen LogP contribution in [0.4, 0.5) is 0 Å². The van der Waals surface area contributed by atoms with Gasteiger partial charge in [0, 0.05) is 6.16 Å². The van der Waals surface area contributed by atoms with E-state index in [-0.39, 0.29) is 6.47 Å². The molecular weight excluding hydrogens is 199 g/mol. The maximum absolute atomic E-state index is 11.9. The molecule has 76 valence electrons. The van der Waals surface area contributed by atoms with Crippen LogP contribution in [0.1, 0.15) is 12.5 Å². The Balaban J connectivity index is 2.75. The average Bonchev–Trinajstić information content (AvgIpc) is 2.20. The third kappa shape index (κ3) is 3.00. The molecule has 0 N–H and O–H groups in total. The van der Waals surface area contributed by atoms with E-state index in [4.69, 9.17) is 0 Å². The minimum Gasteiger partial charge on any atom is -0.414 e. The minimum atomic E-state index is -2.79. The molecule has 0 aliphatic heterocycles. The molecule has 3 nitrogen and oxygen atoms in total. The van der Waals surface area contributed by atoms with Crippen LogP contribution in [0.15, 0.2) is 30.3 Å². The summed E-state index contributed by atoms with van der Waals surface area (Å²) in [6.45, 7) is 2.03. The van der Waals surface area contributed by atoms with Crippen molar-refractivity contribution in [3.8, 4) is 0 Å². The molecule has 1 rings (SSSR count). The molecule has 0 spiro atoms. The number of hydrogen-bond donors (Lipinski definition) is 0. The molecule has 14 heavy (non-hydrogen) atoms. The quantitative estimate of drug-likeness (QED) is 0.556. The summed E-state index contributed by atoms with van der Waals surface area (Å²) in [5.74, 6) is 0. The molecule has 0 saturated heterocycles. The number of carbonyl (C=O) groups is 1. The first kappa shape index (κ1) is 11.0. The largest absolute Gasteiger partial charge is 0.414 e. The highest BCUT2D eigenvalue weighted by molar-refractivity contribution is 7.58. The Kier molecular flexibility index (Phi) is 3.90. The predicted octanol–water partition coefficient (Wildman–Crippen LogP) is 2.66. The zero-order valence-electron chi connectivity index (χ0n) is 8.05. The molecule has 0 amide bonds. The molecule has 0 heterocycles. The molecule has 0 aliphatic carbocycles. The van der Waals surface area contributed by atoms with E-state index in [9.17, 15) is 9.36 Å². The first-order valence-electron chi connectivity index (χ1n) is 4.44.